The number of oxime groups is 1. The number of unbranched alkanes of at least 4 members (excludes halogenated alkanes) is 12. The number of nitrogens with zero attached hydrogens (tertiary/aromatic N) is 1. The van der Waals surface area contributed by atoms with Crippen LogP contribution < -0.4 is 0 Å². The molecule has 6 nitrogen and oxygen atoms in total. The Morgan fingerprint density at radius 1 is 0.821 bits per heavy atom. The Morgan fingerprint density at radius 2 is 1.32 bits per heavy atom. The third kappa shape index (κ3) is 9.07. The summed E-state index contributed by atoms with van der Waals surface area (Å²) in [6.45, 7) is 2.25. The molecule has 0 bridgehead atoms. The van der Waals surface area contributed by atoms with Crippen molar-refractivity contribution in [1.82, 2.24) is 0 Å². The lowest BCUT2D eigenvalue weighted by molar-refractivity contribution is -0.154. The number of methoxy groups -OCH3 is 2. The molecule has 0 spiro atoms. The zero-order valence-corrected chi connectivity index (χ0v) is 18.0. The van der Waals surface area contributed by atoms with E-state index in [2.05, 4.69) is 12.1 Å². The van der Waals surface area contributed by atoms with E-state index in [0.717, 1.165) is 12.8 Å². The fourth-order valence-electron chi connectivity index (χ4n) is 3.68. The molecule has 1 heterocycles. The van der Waals surface area contributed by atoms with E-state index in [4.69, 9.17) is 14.3 Å². The zero-order valence-electron chi connectivity index (χ0n) is 18.0. The van der Waals surface area contributed by atoms with Gasteiger partial charge in [0.2, 0.25) is 6.10 Å². The molecule has 1 aliphatic heterocycles. The van der Waals surface area contributed by atoms with Gasteiger partial charge in [-0.15, -0.1) is 0 Å². The van der Waals surface area contributed by atoms with Crippen molar-refractivity contribution < 1.29 is 23.9 Å². The molecular weight excluding hydrogens is 358 g/mol. The summed E-state index contributed by atoms with van der Waals surface area (Å²) < 4.78 is 9.50. The van der Waals surface area contributed by atoms with Crippen LogP contribution in [0.2, 0.25) is 0 Å². The highest BCUT2D eigenvalue weighted by Crippen LogP contribution is 2.26. The first-order chi connectivity index (χ1) is 13.7. The Kier molecular flexibility index (Phi) is 13.4. The second-order valence-electron chi connectivity index (χ2n) is 7.66. The highest BCUT2D eigenvalue weighted by Gasteiger charge is 2.43. The number of carbonyl (C=O) groups excluding carboxylic acids is 2. The fourth-order valence-corrected chi connectivity index (χ4v) is 3.68. The first kappa shape index (κ1) is 24.4. The molecule has 0 aromatic carbocycles. The number of carbonyl (C=O) groups is 2. The lowest BCUT2D eigenvalue weighted by atomic mass is 9.91. The summed E-state index contributed by atoms with van der Waals surface area (Å²) in [4.78, 5) is 28.8. The summed E-state index contributed by atoms with van der Waals surface area (Å²) in [5, 5.41) is 3.76. The third-order valence-electron chi connectivity index (χ3n) is 5.43. The van der Waals surface area contributed by atoms with Crippen molar-refractivity contribution in [2.45, 2.75) is 103 Å². The smallest absolute Gasteiger partial charge is 0.356 e. The highest BCUT2D eigenvalue weighted by atomic mass is 16.7. The van der Waals surface area contributed by atoms with E-state index < -0.39 is 18.0 Å². The lowest BCUT2D eigenvalue weighted by Crippen LogP contribution is -2.35. The Balaban J connectivity index is 2.12. The fraction of sp³-hybridized carbons (Fsp3) is 0.864. The van der Waals surface area contributed by atoms with Crippen molar-refractivity contribution in [3.63, 3.8) is 0 Å². The van der Waals surface area contributed by atoms with Crippen LogP contribution in [0.5, 0.6) is 0 Å². The van der Waals surface area contributed by atoms with Crippen LogP contribution in [0.4, 0.5) is 0 Å². The highest BCUT2D eigenvalue weighted by molar-refractivity contribution is 6.38. The molecule has 162 valence electrons. The minimum Gasteiger partial charge on any atom is -0.466 e. The van der Waals surface area contributed by atoms with Gasteiger partial charge in [0.05, 0.1) is 20.1 Å². The lowest BCUT2D eigenvalue weighted by Gasteiger charge is -2.16. The molecule has 2 unspecified atom stereocenters. The molecule has 0 fully saturated rings. The van der Waals surface area contributed by atoms with Crippen molar-refractivity contribution in [3.8, 4) is 0 Å². The molecule has 0 aliphatic carbocycles. The van der Waals surface area contributed by atoms with Gasteiger partial charge in [-0.25, -0.2) is 9.59 Å². The van der Waals surface area contributed by atoms with Gasteiger partial charge in [-0.3, -0.25) is 0 Å². The zero-order chi connectivity index (χ0) is 20.6. The van der Waals surface area contributed by atoms with Gasteiger partial charge in [0, 0.05) is 0 Å². The minimum absolute atomic E-state index is 0.192. The SMILES string of the molecule is CCCCCCCCCCCCCCCC1C(C(=O)OC)=NOC1C(=O)OC. The summed E-state index contributed by atoms with van der Waals surface area (Å²) in [6.07, 6.45) is 16.5. The van der Waals surface area contributed by atoms with Gasteiger partial charge < -0.3 is 14.3 Å². The van der Waals surface area contributed by atoms with Crippen LogP contribution >= 0.6 is 0 Å². The van der Waals surface area contributed by atoms with Crippen LogP contribution in [0, 0.1) is 5.92 Å². The monoisotopic (exact) mass is 397 g/mol. The number of hydrogen-bond donors (Lipinski definition) is 0. The number of rotatable bonds is 16. The van der Waals surface area contributed by atoms with Crippen LogP contribution in [-0.2, 0) is 23.9 Å². The maximum atomic E-state index is 11.8. The van der Waals surface area contributed by atoms with Crippen LogP contribution in [-0.4, -0.2) is 38.0 Å². The van der Waals surface area contributed by atoms with E-state index in [1.165, 1.54) is 84.8 Å². The maximum Gasteiger partial charge on any atom is 0.356 e. The summed E-state index contributed by atoms with van der Waals surface area (Å²) in [5.74, 6) is -1.42. The summed E-state index contributed by atoms with van der Waals surface area (Å²) >= 11 is 0. The molecule has 6 heteroatoms. The quantitative estimate of drug-likeness (QED) is 0.265. The minimum atomic E-state index is -0.837. The van der Waals surface area contributed by atoms with E-state index in [1.54, 1.807) is 0 Å². The molecule has 1 rings (SSSR count). The van der Waals surface area contributed by atoms with E-state index >= 15 is 0 Å². The van der Waals surface area contributed by atoms with Gasteiger partial charge in [0.25, 0.3) is 0 Å². The molecule has 28 heavy (non-hydrogen) atoms. The van der Waals surface area contributed by atoms with Gasteiger partial charge in [0.15, 0.2) is 5.71 Å². The molecule has 0 saturated heterocycles. The molecule has 2 atom stereocenters. The molecular formula is C22H39NO5. The van der Waals surface area contributed by atoms with Crippen LogP contribution in [0.15, 0.2) is 5.16 Å². The number of esters is 2. The first-order valence-electron chi connectivity index (χ1n) is 11.1. The van der Waals surface area contributed by atoms with E-state index in [-0.39, 0.29) is 11.6 Å². The van der Waals surface area contributed by atoms with Gasteiger partial charge >= 0.3 is 11.9 Å². The second-order valence-corrected chi connectivity index (χ2v) is 7.66. The van der Waals surface area contributed by atoms with Crippen molar-refractivity contribution in [3.05, 3.63) is 0 Å². The summed E-state index contributed by atoms with van der Waals surface area (Å²) in [7, 11) is 2.61. The Labute approximate surface area is 170 Å². The van der Waals surface area contributed by atoms with Crippen LogP contribution in [0.25, 0.3) is 0 Å². The average Bonchev–Trinajstić information content (AvgIpc) is 3.14. The van der Waals surface area contributed by atoms with Gasteiger partial charge in [-0.2, -0.15) is 0 Å². The van der Waals surface area contributed by atoms with Gasteiger partial charge in [-0.05, 0) is 6.42 Å². The molecule has 0 radical (unpaired) electrons. The molecule has 0 N–H and O–H groups in total. The van der Waals surface area contributed by atoms with Crippen molar-refractivity contribution in [2.24, 2.45) is 11.1 Å². The Hall–Kier alpha value is -1.59. The number of ether oxygens (including phenoxy) is 2. The summed E-state index contributed by atoms with van der Waals surface area (Å²) in [6, 6.07) is 0. The Bertz CT molecular complexity index is 478. The molecule has 0 amide bonds. The average molecular weight is 398 g/mol. The van der Waals surface area contributed by atoms with Crippen LogP contribution in [0.1, 0.15) is 96.8 Å². The van der Waals surface area contributed by atoms with Crippen molar-refractivity contribution in [1.29, 1.82) is 0 Å². The number of hydrogen-bond acceptors (Lipinski definition) is 6. The maximum absolute atomic E-state index is 11.8. The predicted octanol–water partition coefficient (Wildman–Crippen LogP) is 5.18. The van der Waals surface area contributed by atoms with E-state index in [1.807, 2.05) is 0 Å². The topological polar surface area (TPSA) is 74.2 Å². The van der Waals surface area contributed by atoms with E-state index in [9.17, 15) is 9.59 Å². The molecule has 0 aromatic rings. The first-order valence-corrected chi connectivity index (χ1v) is 11.1. The largest absolute Gasteiger partial charge is 0.466 e. The van der Waals surface area contributed by atoms with Gasteiger partial charge in [0.1, 0.15) is 0 Å². The molecule has 0 aromatic heterocycles. The van der Waals surface area contributed by atoms with Gasteiger partial charge in [-0.1, -0.05) is 95.6 Å². The normalized spacial score (nSPS) is 18.5. The standard InChI is InChI=1S/C22H39NO5/c1-4-5-6-7-8-9-10-11-12-13-14-15-16-17-18-19(21(24)26-2)23-28-20(18)22(25)27-3/h18,20H,4-17H2,1-3H3. The predicted molar refractivity (Wildman–Crippen MR) is 110 cm³/mol. The Morgan fingerprint density at radius 3 is 1.79 bits per heavy atom. The molecule has 0 saturated carbocycles. The third-order valence-corrected chi connectivity index (χ3v) is 5.43. The summed E-state index contributed by atoms with van der Waals surface area (Å²) in [5.41, 5.74) is 0.192. The molecule has 1 aliphatic rings. The van der Waals surface area contributed by atoms with Crippen LogP contribution in [0.3, 0.4) is 0 Å². The van der Waals surface area contributed by atoms with Crippen molar-refractivity contribution in [2.75, 3.05) is 14.2 Å². The van der Waals surface area contributed by atoms with Crippen molar-refractivity contribution >= 4 is 17.7 Å². The van der Waals surface area contributed by atoms with E-state index in [0.29, 0.717) is 6.42 Å². The second kappa shape index (κ2) is 15.3.